The van der Waals surface area contributed by atoms with E-state index in [1.165, 1.54) is 0 Å². The number of hydrogen-bond donors (Lipinski definition) is 0. The first-order valence-corrected chi connectivity index (χ1v) is 8.58. The predicted molar refractivity (Wildman–Crippen MR) is 97.8 cm³/mol. The second-order valence-corrected chi connectivity index (χ2v) is 5.95. The molecule has 7 heteroatoms. The summed E-state index contributed by atoms with van der Waals surface area (Å²) in [4.78, 5) is 18.2. The van der Waals surface area contributed by atoms with Gasteiger partial charge in [0.15, 0.2) is 6.61 Å². The maximum absolute atomic E-state index is 12.4. The Balaban J connectivity index is 1.60. The van der Waals surface area contributed by atoms with Gasteiger partial charge >= 0.3 is 6.08 Å². The number of nitrogens with zero attached hydrogens (tertiary/aromatic N) is 3. The highest BCUT2D eigenvalue weighted by atomic mass is 35.5. The number of ether oxygens (including phenoxy) is 1. The van der Waals surface area contributed by atoms with Gasteiger partial charge in [-0.1, -0.05) is 59.2 Å². The topological polar surface area (TPSA) is 68.5 Å². The summed E-state index contributed by atoms with van der Waals surface area (Å²) < 4.78 is 10.4. The van der Waals surface area contributed by atoms with E-state index in [0.717, 1.165) is 5.56 Å². The minimum atomic E-state index is -0.176. The Kier molecular flexibility index (Phi) is 5.86. The molecular weight excluding hydrogens is 354 g/mol. The fourth-order valence-electron chi connectivity index (χ4n) is 2.42. The Morgan fingerprint density at radius 1 is 1.15 bits per heavy atom. The minimum Gasteiger partial charge on any atom is -0.439 e. The van der Waals surface area contributed by atoms with Crippen LogP contribution in [0.2, 0.25) is 5.02 Å². The van der Waals surface area contributed by atoms with Gasteiger partial charge in [-0.05, 0) is 24.6 Å². The summed E-state index contributed by atoms with van der Waals surface area (Å²) >= 11 is 6.11. The van der Waals surface area contributed by atoms with Crippen molar-refractivity contribution in [3.8, 4) is 17.5 Å². The van der Waals surface area contributed by atoms with Gasteiger partial charge in [0, 0.05) is 18.7 Å². The first-order valence-electron chi connectivity index (χ1n) is 8.20. The maximum atomic E-state index is 12.4. The fourth-order valence-corrected chi connectivity index (χ4v) is 2.64. The number of aromatic nitrogens is 2. The summed E-state index contributed by atoms with van der Waals surface area (Å²) in [5.74, 6) is 0.156. The van der Waals surface area contributed by atoms with Crippen molar-refractivity contribution in [3.05, 3.63) is 65.2 Å². The van der Waals surface area contributed by atoms with Crippen LogP contribution in [0.4, 0.5) is 0 Å². The molecule has 0 saturated heterocycles. The summed E-state index contributed by atoms with van der Waals surface area (Å²) in [6.07, 6.45) is -0.0657. The van der Waals surface area contributed by atoms with Crippen LogP contribution in [0.1, 0.15) is 12.5 Å². The molecule has 1 aromatic heterocycles. The third-order valence-corrected chi connectivity index (χ3v) is 4.12. The summed E-state index contributed by atoms with van der Waals surface area (Å²) in [5, 5.41) is 4.35. The van der Waals surface area contributed by atoms with Crippen molar-refractivity contribution in [2.24, 2.45) is 0 Å². The smallest absolute Gasteiger partial charge is 0.418 e. The van der Waals surface area contributed by atoms with Gasteiger partial charge in [-0.15, -0.1) is 0 Å². The summed E-state index contributed by atoms with van der Waals surface area (Å²) in [6.45, 7) is 2.84. The number of likely N-dealkylation sites (N-methyl/N-ethyl adjacent to an activating group) is 1. The normalized spacial score (nSPS) is 10.5. The van der Waals surface area contributed by atoms with E-state index in [4.69, 9.17) is 20.9 Å². The molecule has 0 unspecified atom stereocenters. The van der Waals surface area contributed by atoms with E-state index in [1.807, 2.05) is 49.4 Å². The van der Waals surface area contributed by atoms with Crippen molar-refractivity contribution in [3.63, 3.8) is 0 Å². The Labute approximate surface area is 156 Å². The lowest BCUT2D eigenvalue weighted by molar-refractivity contribution is -0.134. The number of hydrogen-bond acceptors (Lipinski definition) is 5. The van der Waals surface area contributed by atoms with Crippen LogP contribution in [0.3, 0.4) is 0 Å². The lowest BCUT2D eigenvalue weighted by Crippen LogP contribution is -2.34. The molecule has 0 atom stereocenters. The highest BCUT2D eigenvalue weighted by molar-refractivity contribution is 6.33. The lowest BCUT2D eigenvalue weighted by Gasteiger charge is -2.20. The van der Waals surface area contributed by atoms with Crippen molar-refractivity contribution >= 4 is 17.5 Å². The molecule has 0 N–H and O–H groups in total. The molecular formula is C19H18ClN3O3. The van der Waals surface area contributed by atoms with Crippen molar-refractivity contribution in [2.75, 3.05) is 13.2 Å². The van der Waals surface area contributed by atoms with E-state index < -0.39 is 0 Å². The second-order valence-electron chi connectivity index (χ2n) is 5.55. The fraction of sp³-hybridized carbons (Fsp3) is 0.211. The molecule has 6 nitrogen and oxygen atoms in total. The molecule has 0 spiro atoms. The van der Waals surface area contributed by atoms with E-state index in [9.17, 15) is 4.79 Å². The number of amides is 1. The number of rotatable bonds is 7. The van der Waals surface area contributed by atoms with Gasteiger partial charge in [-0.2, -0.15) is 4.98 Å². The van der Waals surface area contributed by atoms with Gasteiger partial charge in [-0.3, -0.25) is 9.32 Å². The Morgan fingerprint density at radius 2 is 1.88 bits per heavy atom. The van der Waals surface area contributed by atoms with E-state index in [2.05, 4.69) is 10.1 Å². The average Bonchev–Trinajstić information content (AvgIpc) is 3.14. The Hall–Kier alpha value is -2.86. The Morgan fingerprint density at radius 3 is 2.62 bits per heavy atom. The number of halogens is 1. The van der Waals surface area contributed by atoms with Gasteiger partial charge in [-0.25, -0.2) is 0 Å². The lowest BCUT2D eigenvalue weighted by atomic mass is 10.2. The van der Waals surface area contributed by atoms with Gasteiger partial charge < -0.3 is 9.64 Å². The predicted octanol–water partition coefficient (Wildman–Crippen LogP) is 3.82. The van der Waals surface area contributed by atoms with Crippen molar-refractivity contribution in [1.29, 1.82) is 0 Å². The largest absolute Gasteiger partial charge is 0.439 e. The quantitative estimate of drug-likeness (QED) is 0.631. The summed E-state index contributed by atoms with van der Waals surface area (Å²) in [5.41, 5.74) is 1.69. The zero-order chi connectivity index (χ0) is 18.4. The van der Waals surface area contributed by atoms with Crippen LogP contribution < -0.4 is 4.74 Å². The third-order valence-electron chi connectivity index (χ3n) is 3.79. The first-order chi connectivity index (χ1) is 12.7. The maximum Gasteiger partial charge on any atom is 0.418 e. The summed E-state index contributed by atoms with van der Waals surface area (Å²) in [6, 6.07) is 16.9. The van der Waals surface area contributed by atoms with Crippen LogP contribution >= 0.6 is 11.6 Å². The summed E-state index contributed by atoms with van der Waals surface area (Å²) in [7, 11) is 0. The van der Waals surface area contributed by atoms with Crippen LogP contribution in [0.15, 0.2) is 59.1 Å². The molecule has 134 valence electrons. The van der Waals surface area contributed by atoms with Crippen LogP contribution in [0.25, 0.3) is 11.4 Å². The number of carbonyl (C=O) groups excluding carboxylic acids is 1. The van der Waals surface area contributed by atoms with E-state index >= 15 is 0 Å². The van der Waals surface area contributed by atoms with E-state index in [-0.39, 0.29) is 18.6 Å². The van der Waals surface area contributed by atoms with E-state index in [1.54, 1.807) is 17.0 Å². The zero-order valence-corrected chi connectivity index (χ0v) is 15.0. The highest BCUT2D eigenvalue weighted by Gasteiger charge is 2.16. The standard InChI is InChI=1S/C19H18ClN3O3/c1-2-23(12-14-8-4-3-5-9-14)17(24)13-25-19-21-18(22-26-19)15-10-6-7-11-16(15)20/h3-11H,2,12-13H2,1H3. The Bertz CT molecular complexity index is 867. The van der Waals surface area contributed by atoms with Crippen molar-refractivity contribution < 1.29 is 14.1 Å². The highest BCUT2D eigenvalue weighted by Crippen LogP contribution is 2.26. The number of benzene rings is 2. The molecule has 26 heavy (non-hydrogen) atoms. The van der Waals surface area contributed by atoms with Gasteiger partial charge in [0.25, 0.3) is 5.91 Å². The molecule has 0 radical (unpaired) electrons. The van der Waals surface area contributed by atoms with Crippen LogP contribution in [0.5, 0.6) is 6.08 Å². The van der Waals surface area contributed by atoms with Crippen LogP contribution in [-0.2, 0) is 11.3 Å². The van der Waals surface area contributed by atoms with Gasteiger partial charge in [0.05, 0.1) is 5.02 Å². The molecule has 1 amide bonds. The molecule has 3 rings (SSSR count). The molecule has 0 saturated carbocycles. The molecule has 3 aromatic rings. The van der Waals surface area contributed by atoms with Crippen LogP contribution in [-0.4, -0.2) is 34.1 Å². The molecule has 0 aliphatic carbocycles. The second kappa shape index (κ2) is 8.49. The molecule has 0 fully saturated rings. The SMILES string of the molecule is CCN(Cc1ccccc1)C(=O)COc1nc(-c2ccccc2Cl)no1. The average molecular weight is 372 g/mol. The minimum absolute atomic E-state index is 0.0657. The molecule has 2 aromatic carbocycles. The molecule has 0 bridgehead atoms. The number of carbonyl (C=O) groups is 1. The zero-order valence-electron chi connectivity index (χ0n) is 14.3. The van der Waals surface area contributed by atoms with Gasteiger partial charge in [0.2, 0.25) is 5.82 Å². The van der Waals surface area contributed by atoms with Crippen molar-refractivity contribution in [1.82, 2.24) is 15.0 Å². The van der Waals surface area contributed by atoms with Gasteiger partial charge in [0.1, 0.15) is 0 Å². The van der Waals surface area contributed by atoms with E-state index in [0.29, 0.717) is 29.5 Å². The third kappa shape index (κ3) is 4.40. The molecule has 0 aliphatic rings. The first kappa shape index (κ1) is 17.9. The van der Waals surface area contributed by atoms with Crippen LogP contribution in [0, 0.1) is 0 Å². The monoisotopic (exact) mass is 371 g/mol. The van der Waals surface area contributed by atoms with Crippen molar-refractivity contribution in [2.45, 2.75) is 13.5 Å². The molecule has 0 aliphatic heterocycles. The molecule has 1 heterocycles.